The zero-order valence-corrected chi connectivity index (χ0v) is 15.1. The number of pyridine rings is 1. The van der Waals surface area contributed by atoms with Gasteiger partial charge in [-0.05, 0) is 59.7 Å². The molecule has 2 nitrogen and oxygen atoms in total. The van der Waals surface area contributed by atoms with Gasteiger partial charge in [-0.1, -0.05) is 54.7 Å². The standard InChI is InChI=1S/C22H23NOS/c24-21(12-9-17-6-2-1-3-7-17)14-19(18-10-11-18)15-22(25)16-20-8-4-5-13-23-20/h1-9,12-13,18-19H,10-11,14-16H2/b12-9+. The topological polar surface area (TPSA) is 30.0 Å². The molecule has 0 radical (unpaired) electrons. The summed E-state index contributed by atoms with van der Waals surface area (Å²) in [5.41, 5.74) is 2.07. The molecule has 1 fully saturated rings. The minimum absolute atomic E-state index is 0.196. The molecule has 1 aromatic carbocycles. The summed E-state index contributed by atoms with van der Waals surface area (Å²) < 4.78 is 0. The molecule has 1 aliphatic rings. The van der Waals surface area contributed by atoms with E-state index in [-0.39, 0.29) is 5.78 Å². The first-order valence-electron chi connectivity index (χ1n) is 8.88. The molecule has 2 aromatic rings. The summed E-state index contributed by atoms with van der Waals surface area (Å²) in [7, 11) is 0. The van der Waals surface area contributed by atoms with Gasteiger partial charge in [-0.25, -0.2) is 0 Å². The van der Waals surface area contributed by atoms with Crippen molar-refractivity contribution in [2.45, 2.75) is 32.1 Å². The van der Waals surface area contributed by atoms with Crippen molar-refractivity contribution in [3.63, 3.8) is 0 Å². The van der Waals surface area contributed by atoms with Crippen LogP contribution in [0.15, 0.2) is 60.8 Å². The molecule has 0 amide bonds. The van der Waals surface area contributed by atoms with Gasteiger partial charge in [0.15, 0.2) is 5.78 Å². The molecule has 0 spiro atoms. The van der Waals surface area contributed by atoms with Crippen LogP contribution in [0.2, 0.25) is 0 Å². The molecular weight excluding hydrogens is 326 g/mol. The molecule has 0 N–H and O–H groups in total. The highest BCUT2D eigenvalue weighted by molar-refractivity contribution is 7.80. The van der Waals surface area contributed by atoms with Crippen LogP contribution >= 0.6 is 12.2 Å². The third-order valence-electron chi connectivity index (χ3n) is 4.61. The Morgan fingerprint density at radius 2 is 1.88 bits per heavy atom. The van der Waals surface area contributed by atoms with Crippen molar-refractivity contribution in [1.82, 2.24) is 4.98 Å². The van der Waals surface area contributed by atoms with Gasteiger partial charge in [0.2, 0.25) is 0 Å². The summed E-state index contributed by atoms with van der Waals surface area (Å²) in [6.45, 7) is 0. The van der Waals surface area contributed by atoms with Crippen LogP contribution in [0.25, 0.3) is 6.08 Å². The van der Waals surface area contributed by atoms with Gasteiger partial charge in [0.05, 0.1) is 0 Å². The van der Waals surface area contributed by atoms with Crippen LogP contribution in [0.1, 0.15) is 36.9 Å². The van der Waals surface area contributed by atoms with E-state index in [9.17, 15) is 4.79 Å². The second-order valence-electron chi connectivity index (χ2n) is 6.75. The first-order chi connectivity index (χ1) is 12.2. The average molecular weight is 349 g/mol. The summed E-state index contributed by atoms with van der Waals surface area (Å²) in [5, 5.41) is 0. The van der Waals surface area contributed by atoms with E-state index in [4.69, 9.17) is 12.2 Å². The van der Waals surface area contributed by atoms with Crippen LogP contribution in [-0.4, -0.2) is 15.6 Å². The van der Waals surface area contributed by atoms with Crippen LogP contribution in [0.5, 0.6) is 0 Å². The Morgan fingerprint density at radius 1 is 1.12 bits per heavy atom. The third kappa shape index (κ3) is 6.02. The quantitative estimate of drug-likeness (QED) is 0.467. The number of carbonyl (C=O) groups is 1. The van der Waals surface area contributed by atoms with Gasteiger partial charge in [0, 0.05) is 24.7 Å². The van der Waals surface area contributed by atoms with Gasteiger partial charge < -0.3 is 0 Å². The number of allylic oxidation sites excluding steroid dienone is 1. The van der Waals surface area contributed by atoms with E-state index < -0.39 is 0 Å². The third-order valence-corrected chi connectivity index (χ3v) is 4.92. The van der Waals surface area contributed by atoms with Gasteiger partial charge in [-0.3, -0.25) is 9.78 Å². The molecule has 1 unspecified atom stereocenters. The first-order valence-corrected chi connectivity index (χ1v) is 9.29. The molecule has 1 aromatic heterocycles. The second-order valence-corrected chi connectivity index (χ2v) is 7.33. The Labute approximate surface area is 155 Å². The van der Waals surface area contributed by atoms with Crippen molar-refractivity contribution in [3.05, 3.63) is 72.1 Å². The number of thiocarbonyl (C=S) groups is 1. The molecule has 1 atom stereocenters. The minimum Gasteiger partial charge on any atom is -0.295 e. The smallest absolute Gasteiger partial charge is 0.156 e. The maximum atomic E-state index is 12.4. The fourth-order valence-corrected chi connectivity index (χ4v) is 3.48. The molecular formula is C22H23NOS. The molecule has 0 saturated heterocycles. The number of aromatic nitrogens is 1. The number of nitrogens with zero attached hydrogens (tertiary/aromatic N) is 1. The molecule has 0 aliphatic heterocycles. The van der Waals surface area contributed by atoms with Gasteiger partial charge in [-0.2, -0.15) is 0 Å². The van der Waals surface area contributed by atoms with Crippen LogP contribution < -0.4 is 0 Å². The number of ketones is 1. The normalized spacial score (nSPS) is 15.2. The Kier molecular flexibility index (Phi) is 6.24. The predicted octanol–water partition coefficient (Wildman–Crippen LogP) is 5.08. The van der Waals surface area contributed by atoms with E-state index in [1.165, 1.54) is 12.8 Å². The van der Waals surface area contributed by atoms with Crippen LogP contribution in [0.4, 0.5) is 0 Å². The lowest BCUT2D eigenvalue weighted by Crippen LogP contribution is -2.15. The SMILES string of the molecule is O=C(/C=C/c1ccccc1)CC(CC(=S)Cc1ccccn1)C1CC1. The lowest BCUT2D eigenvalue weighted by atomic mass is 9.90. The van der Waals surface area contributed by atoms with E-state index in [1.807, 2.05) is 54.6 Å². The number of benzene rings is 1. The van der Waals surface area contributed by atoms with Crippen LogP contribution in [0, 0.1) is 11.8 Å². The van der Waals surface area contributed by atoms with Crippen molar-refractivity contribution < 1.29 is 4.79 Å². The number of hydrogen-bond donors (Lipinski definition) is 0. The minimum atomic E-state index is 0.196. The largest absolute Gasteiger partial charge is 0.295 e. The van der Waals surface area contributed by atoms with E-state index in [1.54, 1.807) is 12.3 Å². The lowest BCUT2D eigenvalue weighted by Gasteiger charge is -2.15. The molecule has 3 heteroatoms. The van der Waals surface area contributed by atoms with Gasteiger partial charge in [-0.15, -0.1) is 0 Å². The molecule has 3 rings (SSSR count). The van der Waals surface area contributed by atoms with Crippen molar-refractivity contribution in [1.29, 1.82) is 0 Å². The Balaban J connectivity index is 1.53. The van der Waals surface area contributed by atoms with Gasteiger partial charge in [0.1, 0.15) is 0 Å². The van der Waals surface area contributed by atoms with E-state index in [0.29, 0.717) is 18.3 Å². The molecule has 0 bridgehead atoms. The number of carbonyl (C=O) groups excluding carboxylic acids is 1. The highest BCUT2D eigenvalue weighted by atomic mass is 32.1. The summed E-state index contributed by atoms with van der Waals surface area (Å²) in [5.74, 6) is 1.24. The molecule has 25 heavy (non-hydrogen) atoms. The van der Waals surface area contributed by atoms with Crippen molar-refractivity contribution in [3.8, 4) is 0 Å². The second kappa shape index (κ2) is 8.82. The van der Waals surface area contributed by atoms with Gasteiger partial charge in [0.25, 0.3) is 0 Å². The van der Waals surface area contributed by atoms with Gasteiger partial charge >= 0.3 is 0 Å². The summed E-state index contributed by atoms with van der Waals surface area (Å²) in [4.78, 5) is 17.7. The number of hydrogen-bond acceptors (Lipinski definition) is 3. The highest BCUT2D eigenvalue weighted by Crippen LogP contribution is 2.40. The summed E-state index contributed by atoms with van der Waals surface area (Å²) in [6, 6.07) is 15.9. The zero-order chi connectivity index (χ0) is 17.5. The lowest BCUT2D eigenvalue weighted by molar-refractivity contribution is -0.115. The zero-order valence-electron chi connectivity index (χ0n) is 14.3. The molecule has 1 saturated carbocycles. The van der Waals surface area contributed by atoms with Crippen molar-refractivity contribution >= 4 is 28.9 Å². The Bertz CT molecular complexity index is 735. The van der Waals surface area contributed by atoms with Crippen molar-refractivity contribution in [2.24, 2.45) is 11.8 Å². The van der Waals surface area contributed by atoms with E-state index in [0.717, 1.165) is 29.0 Å². The summed E-state index contributed by atoms with van der Waals surface area (Å²) in [6.07, 6.45) is 10.0. The average Bonchev–Trinajstić information content (AvgIpc) is 3.46. The highest BCUT2D eigenvalue weighted by Gasteiger charge is 2.32. The van der Waals surface area contributed by atoms with E-state index in [2.05, 4.69) is 4.98 Å². The maximum Gasteiger partial charge on any atom is 0.156 e. The monoisotopic (exact) mass is 349 g/mol. The van der Waals surface area contributed by atoms with E-state index >= 15 is 0 Å². The summed E-state index contributed by atoms with van der Waals surface area (Å²) >= 11 is 5.58. The first kappa shape index (κ1) is 17.7. The Hall–Kier alpha value is -2.13. The maximum absolute atomic E-state index is 12.4. The Morgan fingerprint density at radius 3 is 2.56 bits per heavy atom. The predicted molar refractivity (Wildman–Crippen MR) is 106 cm³/mol. The fraction of sp³-hybridized carbons (Fsp3) is 0.318. The van der Waals surface area contributed by atoms with Crippen LogP contribution in [-0.2, 0) is 11.2 Å². The fourth-order valence-electron chi connectivity index (χ4n) is 3.12. The molecule has 128 valence electrons. The molecule has 1 aliphatic carbocycles. The van der Waals surface area contributed by atoms with Crippen molar-refractivity contribution in [2.75, 3.05) is 0 Å². The number of rotatable bonds is 9. The molecule has 1 heterocycles. The van der Waals surface area contributed by atoms with Crippen LogP contribution in [0.3, 0.4) is 0 Å².